The molecule has 30 heavy (non-hydrogen) atoms. The predicted octanol–water partition coefficient (Wildman–Crippen LogP) is 2.87. The number of rotatable bonds is 9. The SMILES string of the molecule is COc1ccccc1C(CNC(=O)Cc1ncc(Cl)s1)NC(=O)Cn1cc(Cl)cn1. The van der Waals surface area contributed by atoms with Gasteiger partial charge in [0.2, 0.25) is 11.8 Å². The molecular formula is C19H19Cl2N5O3S. The number of nitrogens with zero attached hydrogens (tertiary/aromatic N) is 3. The molecule has 158 valence electrons. The van der Waals surface area contributed by atoms with Crippen molar-refractivity contribution >= 4 is 46.4 Å². The van der Waals surface area contributed by atoms with Crippen LogP contribution in [0.2, 0.25) is 9.36 Å². The Labute approximate surface area is 187 Å². The molecule has 2 amide bonds. The van der Waals surface area contributed by atoms with E-state index in [0.29, 0.717) is 20.1 Å². The fraction of sp³-hybridized carbons (Fsp3) is 0.263. The van der Waals surface area contributed by atoms with Gasteiger partial charge in [-0.2, -0.15) is 5.10 Å². The maximum atomic E-state index is 12.6. The van der Waals surface area contributed by atoms with Crippen molar-refractivity contribution in [3.8, 4) is 5.75 Å². The van der Waals surface area contributed by atoms with E-state index in [1.54, 1.807) is 19.4 Å². The summed E-state index contributed by atoms with van der Waals surface area (Å²) in [4.78, 5) is 29.0. The smallest absolute Gasteiger partial charge is 0.242 e. The Balaban J connectivity index is 1.68. The molecule has 0 spiro atoms. The van der Waals surface area contributed by atoms with E-state index in [4.69, 9.17) is 27.9 Å². The molecule has 1 atom stereocenters. The molecule has 2 N–H and O–H groups in total. The summed E-state index contributed by atoms with van der Waals surface area (Å²) in [5.41, 5.74) is 0.740. The van der Waals surface area contributed by atoms with Gasteiger partial charge in [0.05, 0.1) is 37.0 Å². The minimum Gasteiger partial charge on any atom is -0.496 e. The first kappa shape index (κ1) is 22.1. The highest BCUT2D eigenvalue weighted by Gasteiger charge is 2.20. The van der Waals surface area contributed by atoms with E-state index < -0.39 is 6.04 Å². The summed E-state index contributed by atoms with van der Waals surface area (Å²) in [5, 5.41) is 10.8. The molecule has 0 bridgehead atoms. The van der Waals surface area contributed by atoms with E-state index in [0.717, 1.165) is 5.56 Å². The molecule has 0 aliphatic carbocycles. The quantitative estimate of drug-likeness (QED) is 0.504. The predicted molar refractivity (Wildman–Crippen MR) is 115 cm³/mol. The van der Waals surface area contributed by atoms with Crippen LogP contribution in [0.25, 0.3) is 0 Å². The van der Waals surface area contributed by atoms with Gasteiger partial charge in [0.1, 0.15) is 21.6 Å². The van der Waals surface area contributed by atoms with Crippen molar-refractivity contribution in [3.63, 3.8) is 0 Å². The van der Waals surface area contributed by atoms with E-state index in [1.807, 2.05) is 18.2 Å². The molecule has 0 aliphatic rings. The Morgan fingerprint density at radius 1 is 1.23 bits per heavy atom. The molecule has 2 aromatic heterocycles. The van der Waals surface area contributed by atoms with Crippen molar-refractivity contribution < 1.29 is 14.3 Å². The largest absolute Gasteiger partial charge is 0.496 e. The van der Waals surface area contributed by atoms with Gasteiger partial charge in [-0.1, -0.05) is 41.4 Å². The Morgan fingerprint density at radius 3 is 2.70 bits per heavy atom. The van der Waals surface area contributed by atoms with Crippen LogP contribution in [0.15, 0.2) is 42.9 Å². The third-order valence-electron chi connectivity index (χ3n) is 4.10. The van der Waals surface area contributed by atoms with Gasteiger partial charge in [0.25, 0.3) is 0 Å². The first-order valence-electron chi connectivity index (χ1n) is 8.91. The van der Waals surface area contributed by atoms with Crippen molar-refractivity contribution in [1.82, 2.24) is 25.4 Å². The second-order valence-corrected chi connectivity index (χ2v) is 8.44. The molecule has 0 fully saturated rings. The number of ether oxygens (including phenoxy) is 1. The minimum absolute atomic E-state index is 0.00999. The number of aromatic nitrogens is 3. The average molecular weight is 468 g/mol. The molecule has 2 heterocycles. The van der Waals surface area contributed by atoms with E-state index in [9.17, 15) is 9.59 Å². The summed E-state index contributed by atoms with van der Waals surface area (Å²) in [6.45, 7) is 0.161. The Morgan fingerprint density at radius 2 is 2.03 bits per heavy atom. The van der Waals surface area contributed by atoms with Crippen LogP contribution in [0.4, 0.5) is 0 Å². The lowest BCUT2D eigenvalue weighted by Gasteiger charge is -2.22. The van der Waals surface area contributed by atoms with Crippen LogP contribution in [0.3, 0.4) is 0 Å². The van der Waals surface area contributed by atoms with E-state index in [1.165, 1.54) is 28.4 Å². The fourth-order valence-electron chi connectivity index (χ4n) is 2.79. The number of para-hydroxylation sites is 1. The molecule has 1 aromatic carbocycles. The summed E-state index contributed by atoms with van der Waals surface area (Å²) < 4.78 is 7.37. The third kappa shape index (κ3) is 6.19. The summed E-state index contributed by atoms with van der Waals surface area (Å²) in [6, 6.07) is 6.78. The number of nitrogens with one attached hydrogen (secondary N) is 2. The molecule has 0 aliphatic heterocycles. The molecule has 0 saturated heterocycles. The first-order valence-corrected chi connectivity index (χ1v) is 10.5. The first-order chi connectivity index (χ1) is 14.4. The lowest BCUT2D eigenvalue weighted by Crippen LogP contribution is -2.39. The average Bonchev–Trinajstić information content (AvgIpc) is 3.32. The van der Waals surface area contributed by atoms with Gasteiger partial charge >= 0.3 is 0 Å². The molecule has 11 heteroatoms. The van der Waals surface area contributed by atoms with E-state index in [-0.39, 0.29) is 31.3 Å². The molecule has 0 saturated carbocycles. The van der Waals surface area contributed by atoms with Crippen LogP contribution in [-0.4, -0.2) is 40.2 Å². The standard InChI is InChI=1S/C19H19Cl2N5O3S/c1-29-15-5-3-2-4-13(15)14(25-18(28)11-26-10-12(20)7-24-26)8-22-17(27)6-19-23-9-16(21)30-19/h2-5,7,9-10,14H,6,8,11H2,1H3,(H,22,27)(H,25,28). The highest BCUT2D eigenvalue weighted by atomic mass is 35.5. The van der Waals surface area contributed by atoms with Crippen molar-refractivity contribution in [3.05, 3.63) is 62.8 Å². The van der Waals surface area contributed by atoms with Crippen LogP contribution >= 0.6 is 34.5 Å². The van der Waals surface area contributed by atoms with Crippen LogP contribution in [0, 0.1) is 0 Å². The van der Waals surface area contributed by atoms with Crippen molar-refractivity contribution in [2.45, 2.75) is 19.0 Å². The zero-order valence-electron chi connectivity index (χ0n) is 16.0. The van der Waals surface area contributed by atoms with Crippen molar-refractivity contribution in [2.24, 2.45) is 0 Å². The molecule has 0 radical (unpaired) electrons. The fourth-order valence-corrected chi connectivity index (χ4v) is 3.90. The topological polar surface area (TPSA) is 98.1 Å². The highest BCUT2D eigenvalue weighted by molar-refractivity contribution is 7.15. The normalized spacial score (nSPS) is 11.7. The Bertz CT molecular complexity index is 1020. The molecule has 3 rings (SSSR count). The van der Waals surface area contributed by atoms with Gasteiger partial charge in [-0.05, 0) is 6.07 Å². The lowest BCUT2D eigenvalue weighted by atomic mass is 10.1. The monoisotopic (exact) mass is 467 g/mol. The molecule has 1 unspecified atom stereocenters. The number of carbonyl (C=O) groups is 2. The zero-order chi connectivity index (χ0) is 21.5. The summed E-state index contributed by atoms with van der Waals surface area (Å²) in [7, 11) is 1.55. The third-order valence-corrected chi connectivity index (χ3v) is 5.41. The van der Waals surface area contributed by atoms with Gasteiger partial charge < -0.3 is 15.4 Å². The molecule has 3 aromatic rings. The lowest BCUT2D eigenvalue weighted by molar-refractivity contribution is -0.124. The van der Waals surface area contributed by atoms with E-state index in [2.05, 4.69) is 20.7 Å². The maximum absolute atomic E-state index is 12.6. The summed E-state index contributed by atoms with van der Waals surface area (Å²) >= 11 is 13.0. The number of hydrogen-bond donors (Lipinski definition) is 2. The van der Waals surface area contributed by atoms with Crippen LogP contribution < -0.4 is 15.4 Å². The number of benzene rings is 1. The number of amides is 2. The molecule has 8 nitrogen and oxygen atoms in total. The number of halogens is 2. The summed E-state index contributed by atoms with van der Waals surface area (Å²) in [5.74, 6) is 0.0894. The zero-order valence-corrected chi connectivity index (χ0v) is 18.3. The van der Waals surface area contributed by atoms with Crippen molar-refractivity contribution in [1.29, 1.82) is 0 Å². The van der Waals surface area contributed by atoms with Gasteiger partial charge in [-0.15, -0.1) is 11.3 Å². The number of carbonyl (C=O) groups excluding carboxylic acids is 2. The van der Waals surface area contributed by atoms with Crippen molar-refractivity contribution in [2.75, 3.05) is 13.7 Å². The second kappa shape index (κ2) is 10.4. The second-order valence-electron chi connectivity index (χ2n) is 6.26. The number of hydrogen-bond acceptors (Lipinski definition) is 6. The van der Waals surface area contributed by atoms with E-state index >= 15 is 0 Å². The molecular weight excluding hydrogens is 449 g/mol. The van der Waals surface area contributed by atoms with Gasteiger partial charge in [0.15, 0.2) is 0 Å². The number of thiazole rings is 1. The maximum Gasteiger partial charge on any atom is 0.242 e. The van der Waals surface area contributed by atoms with Gasteiger partial charge in [0, 0.05) is 18.3 Å². The van der Waals surface area contributed by atoms with Gasteiger partial charge in [-0.3, -0.25) is 14.3 Å². The van der Waals surface area contributed by atoms with Crippen LogP contribution in [0.5, 0.6) is 5.75 Å². The highest BCUT2D eigenvalue weighted by Crippen LogP contribution is 2.24. The number of methoxy groups -OCH3 is 1. The Kier molecular flexibility index (Phi) is 7.67. The summed E-state index contributed by atoms with van der Waals surface area (Å²) in [6.07, 6.45) is 4.63. The van der Waals surface area contributed by atoms with Gasteiger partial charge in [-0.25, -0.2) is 4.98 Å². The minimum atomic E-state index is -0.511. The van der Waals surface area contributed by atoms with Crippen LogP contribution in [0.1, 0.15) is 16.6 Å². The Hall–Kier alpha value is -2.62. The van der Waals surface area contributed by atoms with Crippen LogP contribution in [-0.2, 0) is 22.6 Å².